The van der Waals surface area contributed by atoms with Crippen LogP contribution in [0, 0.1) is 0 Å². The molecule has 1 saturated heterocycles. The number of likely N-dealkylation sites (tertiary alicyclic amines) is 1. The van der Waals surface area contributed by atoms with E-state index in [0.29, 0.717) is 36.1 Å². The quantitative estimate of drug-likeness (QED) is 0.932. The first-order chi connectivity index (χ1) is 11.2. The van der Waals surface area contributed by atoms with E-state index in [2.05, 4.69) is 10.5 Å². The molecule has 1 aliphatic heterocycles. The minimum atomic E-state index is -0.119. The number of methoxy groups -OCH3 is 1. The van der Waals surface area contributed by atoms with Crippen LogP contribution in [0.1, 0.15) is 12.1 Å². The average molecular weight is 336 g/mol. The molecule has 1 atom stereocenters. The second-order valence-corrected chi connectivity index (χ2v) is 5.82. The largest absolute Gasteiger partial charge is 0.380 e. The maximum absolute atomic E-state index is 12.1. The number of urea groups is 1. The second-order valence-electron chi connectivity index (χ2n) is 5.41. The topological polar surface area (TPSA) is 67.6 Å². The zero-order chi connectivity index (χ0) is 16.2. The van der Waals surface area contributed by atoms with Gasteiger partial charge in [-0.05, 0) is 18.6 Å². The second kappa shape index (κ2) is 7.02. The molecule has 0 aliphatic carbocycles. The van der Waals surface area contributed by atoms with Crippen molar-refractivity contribution in [2.45, 2.75) is 19.1 Å². The molecule has 2 aromatic rings. The van der Waals surface area contributed by atoms with Gasteiger partial charge in [-0.3, -0.25) is 0 Å². The van der Waals surface area contributed by atoms with E-state index in [0.717, 1.165) is 12.0 Å². The third-order valence-corrected chi connectivity index (χ3v) is 4.21. The van der Waals surface area contributed by atoms with Gasteiger partial charge >= 0.3 is 6.03 Å². The summed E-state index contributed by atoms with van der Waals surface area (Å²) in [4.78, 5) is 13.8. The van der Waals surface area contributed by atoms with Gasteiger partial charge in [-0.1, -0.05) is 28.9 Å². The number of hydrogen-bond acceptors (Lipinski definition) is 4. The summed E-state index contributed by atoms with van der Waals surface area (Å²) in [5.41, 5.74) is 1.43. The van der Waals surface area contributed by atoms with Crippen molar-refractivity contribution in [1.29, 1.82) is 0 Å². The van der Waals surface area contributed by atoms with Crippen LogP contribution in [-0.2, 0) is 11.3 Å². The maximum atomic E-state index is 12.1. The van der Waals surface area contributed by atoms with Gasteiger partial charge in [0.15, 0.2) is 5.76 Å². The molecule has 3 rings (SSSR count). The molecule has 1 aromatic carbocycles. The van der Waals surface area contributed by atoms with Gasteiger partial charge in [0.1, 0.15) is 5.69 Å². The molecule has 2 amide bonds. The molecule has 0 saturated carbocycles. The van der Waals surface area contributed by atoms with Gasteiger partial charge in [-0.15, -0.1) is 0 Å². The highest BCUT2D eigenvalue weighted by Gasteiger charge is 2.25. The monoisotopic (exact) mass is 335 g/mol. The van der Waals surface area contributed by atoms with Gasteiger partial charge in [-0.25, -0.2) is 4.79 Å². The lowest BCUT2D eigenvalue weighted by atomic mass is 10.1. The molecule has 7 heteroatoms. The van der Waals surface area contributed by atoms with Crippen LogP contribution in [0.25, 0.3) is 11.3 Å². The van der Waals surface area contributed by atoms with Crippen molar-refractivity contribution in [3.8, 4) is 11.3 Å². The van der Waals surface area contributed by atoms with Crippen LogP contribution in [0.5, 0.6) is 0 Å². The van der Waals surface area contributed by atoms with Gasteiger partial charge in [0.25, 0.3) is 0 Å². The molecule has 1 aromatic heterocycles. The Kier molecular flexibility index (Phi) is 4.83. The molecule has 122 valence electrons. The lowest BCUT2D eigenvalue weighted by Gasteiger charge is -2.16. The summed E-state index contributed by atoms with van der Waals surface area (Å²) in [6.45, 7) is 1.63. The number of amides is 2. The lowest BCUT2D eigenvalue weighted by Crippen LogP contribution is -2.38. The normalized spacial score (nSPS) is 17.5. The number of benzene rings is 1. The van der Waals surface area contributed by atoms with Crippen molar-refractivity contribution >= 4 is 17.6 Å². The fourth-order valence-electron chi connectivity index (χ4n) is 2.57. The summed E-state index contributed by atoms with van der Waals surface area (Å²) in [6.07, 6.45) is 0.990. The van der Waals surface area contributed by atoms with Crippen LogP contribution >= 0.6 is 11.6 Å². The predicted octanol–water partition coefficient (Wildman–Crippen LogP) is 2.93. The smallest absolute Gasteiger partial charge is 0.317 e. The summed E-state index contributed by atoms with van der Waals surface area (Å²) in [5.74, 6) is 0.584. The minimum absolute atomic E-state index is 0.119. The molecular weight excluding hydrogens is 318 g/mol. The highest BCUT2D eigenvalue weighted by atomic mass is 35.5. The molecular formula is C16H18ClN3O3. The van der Waals surface area contributed by atoms with Crippen molar-refractivity contribution in [2.24, 2.45) is 0 Å². The van der Waals surface area contributed by atoms with E-state index >= 15 is 0 Å². The Balaban J connectivity index is 1.58. The Morgan fingerprint density at radius 2 is 2.35 bits per heavy atom. The average Bonchev–Trinajstić information content (AvgIpc) is 3.22. The molecule has 1 N–H and O–H groups in total. The molecule has 2 heterocycles. The fourth-order valence-corrected chi connectivity index (χ4v) is 2.79. The highest BCUT2D eigenvalue weighted by Crippen LogP contribution is 2.27. The minimum Gasteiger partial charge on any atom is -0.380 e. The zero-order valence-electron chi connectivity index (χ0n) is 12.8. The third-order valence-electron chi connectivity index (χ3n) is 3.88. The number of hydrogen-bond donors (Lipinski definition) is 1. The summed E-state index contributed by atoms with van der Waals surface area (Å²) < 4.78 is 10.6. The summed E-state index contributed by atoms with van der Waals surface area (Å²) in [5, 5.41) is 7.41. The van der Waals surface area contributed by atoms with Crippen molar-refractivity contribution in [1.82, 2.24) is 15.4 Å². The first-order valence-corrected chi connectivity index (χ1v) is 7.81. The van der Waals surface area contributed by atoms with E-state index in [9.17, 15) is 4.79 Å². The summed E-state index contributed by atoms with van der Waals surface area (Å²) in [6, 6.07) is 9.05. The van der Waals surface area contributed by atoms with Crippen molar-refractivity contribution in [2.75, 3.05) is 20.2 Å². The SMILES string of the molecule is CO[C@H]1CCN(C(=O)NCc2cc(-c3ccccc3Cl)on2)C1. The molecule has 1 aliphatic rings. The Morgan fingerprint density at radius 3 is 3.09 bits per heavy atom. The van der Waals surface area contributed by atoms with Gasteiger partial charge < -0.3 is 19.5 Å². The first kappa shape index (κ1) is 15.8. The van der Waals surface area contributed by atoms with E-state index < -0.39 is 0 Å². The fraction of sp³-hybridized carbons (Fsp3) is 0.375. The van der Waals surface area contributed by atoms with E-state index in [1.54, 1.807) is 24.1 Å². The molecule has 0 bridgehead atoms. The number of nitrogens with zero attached hydrogens (tertiary/aromatic N) is 2. The Bertz CT molecular complexity index is 689. The molecule has 1 fully saturated rings. The predicted molar refractivity (Wildman–Crippen MR) is 86.2 cm³/mol. The van der Waals surface area contributed by atoms with Gasteiger partial charge in [0.05, 0.1) is 17.7 Å². The molecule has 0 radical (unpaired) electrons. The molecule has 0 spiro atoms. The van der Waals surface area contributed by atoms with Crippen LogP contribution in [0.3, 0.4) is 0 Å². The van der Waals surface area contributed by atoms with Gasteiger partial charge in [-0.2, -0.15) is 0 Å². The Hall–Kier alpha value is -2.05. The van der Waals surface area contributed by atoms with E-state index in [4.69, 9.17) is 20.9 Å². The van der Waals surface area contributed by atoms with Crippen LogP contribution < -0.4 is 5.32 Å². The molecule has 6 nitrogen and oxygen atoms in total. The van der Waals surface area contributed by atoms with Crippen molar-refractivity contribution in [3.63, 3.8) is 0 Å². The van der Waals surface area contributed by atoms with E-state index in [-0.39, 0.29) is 12.1 Å². The highest BCUT2D eigenvalue weighted by molar-refractivity contribution is 6.33. The first-order valence-electron chi connectivity index (χ1n) is 7.43. The number of rotatable bonds is 4. The number of ether oxygens (including phenoxy) is 1. The summed E-state index contributed by atoms with van der Waals surface area (Å²) >= 11 is 6.13. The zero-order valence-corrected chi connectivity index (χ0v) is 13.5. The van der Waals surface area contributed by atoms with Gasteiger partial charge in [0.2, 0.25) is 0 Å². The van der Waals surface area contributed by atoms with Crippen LogP contribution in [0.2, 0.25) is 5.02 Å². The number of halogens is 1. The van der Waals surface area contributed by atoms with E-state index in [1.807, 2.05) is 18.2 Å². The van der Waals surface area contributed by atoms with Crippen molar-refractivity contribution in [3.05, 3.63) is 41.0 Å². The molecule has 23 heavy (non-hydrogen) atoms. The lowest BCUT2D eigenvalue weighted by molar-refractivity contribution is 0.110. The number of nitrogens with one attached hydrogen (secondary N) is 1. The van der Waals surface area contributed by atoms with Crippen molar-refractivity contribution < 1.29 is 14.1 Å². The van der Waals surface area contributed by atoms with Crippen LogP contribution in [0.15, 0.2) is 34.9 Å². The number of aromatic nitrogens is 1. The van der Waals surface area contributed by atoms with E-state index in [1.165, 1.54) is 0 Å². The van der Waals surface area contributed by atoms with Crippen LogP contribution in [-0.4, -0.2) is 42.4 Å². The maximum Gasteiger partial charge on any atom is 0.317 e. The molecule has 0 unspecified atom stereocenters. The third kappa shape index (κ3) is 3.65. The number of carbonyl (C=O) groups excluding carboxylic acids is 1. The Labute approximate surface area is 139 Å². The van der Waals surface area contributed by atoms with Crippen LogP contribution in [0.4, 0.5) is 4.79 Å². The van der Waals surface area contributed by atoms with Gasteiger partial charge in [0, 0.05) is 31.8 Å². The standard InChI is InChI=1S/C16H18ClN3O3/c1-22-12-6-7-20(10-12)16(21)18-9-11-8-15(23-19-11)13-4-2-3-5-14(13)17/h2-5,8,12H,6-7,9-10H2,1H3,(H,18,21)/t12-/m0/s1. The Morgan fingerprint density at radius 1 is 1.52 bits per heavy atom. The summed E-state index contributed by atoms with van der Waals surface area (Å²) in [7, 11) is 1.66. The number of carbonyl (C=O) groups is 1.